The van der Waals surface area contributed by atoms with Crippen molar-refractivity contribution in [1.82, 2.24) is 19.7 Å². The summed E-state index contributed by atoms with van der Waals surface area (Å²) in [6, 6.07) is 10.9. The number of rotatable bonds is 4. The van der Waals surface area contributed by atoms with Crippen LogP contribution in [0.1, 0.15) is 5.56 Å². The lowest BCUT2D eigenvalue weighted by Gasteiger charge is -2.18. The molecule has 3 aromatic rings. The van der Waals surface area contributed by atoms with Crippen LogP contribution in [0.3, 0.4) is 0 Å². The predicted octanol–water partition coefficient (Wildman–Crippen LogP) is 1.45. The number of aromatic nitrogens is 3. The Hall–Kier alpha value is -3.02. The summed E-state index contributed by atoms with van der Waals surface area (Å²) in [5.41, 5.74) is 1.47. The number of pyridine rings is 1. The number of carbonyl (C=O) groups is 1. The molecular weight excluding hydrogens is 292 g/mol. The Labute approximate surface area is 133 Å². The molecule has 23 heavy (non-hydrogen) atoms. The van der Waals surface area contributed by atoms with Crippen molar-refractivity contribution in [3.63, 3.8) is 0 Å². The third-order valence-corrected chi connectivity index (χ3v) is 3.62. The van der Waals surface area contributed by atoms with Gasteiger partial charge in [-0.1, -0.05) is 18.2 Å². The summed E-state index contributed by atoms with van der Waals surface area (Å²) < 4.78 is 1.55. The van der Waals surface area contributed by atoms with Gasteiger partial charge in [-0.25, -0.2) is 0 Å². The van der Waals surface area contributed by atoms with E-state index >= 15 is 0 Å². The van der Waals surface area contributed by atoms with Crippen LogP contribution in [0.4, 0.5) is 0 Å². The van der Waals surface area contributed by atoms with E-state index in [-0.39, 0.29) is 17.9 Å². The van der Waals surface area contributed by atoms with Gasteiger partial charge in [0.2, 0.25) is 11.3 Å². The number of likely N-dealkylation sites (N-methyl/N-ethyl adjacent to an activating group) is 1. The van der Waals surface area contributed by atoms with Gasteiger partial charge in [0.15, 0.2) is 0 Å². The molecule has 0 atom stereocenters. The zero-order chi connectivity index (χ0) is 16.2. The molecule has 0 N–H and O–H groups in total. The van der Waals surface area contributed by atoms with Crippen molar-refractivity contribution >= 4 is 16.8 Å². The molecule has 0 unspecified atom stereocenters. The first-order chi connectivity index (χ1) is 11.1. The lowest BCUT2D eigenvalue weighted by Crippen LogP contribution is -2.31. The summed E-state index contributed by atoms with van der Waals surface area (Å²) in [6.07, 6.45) is 4.68. The Bertz CT molecular complexity index is 890. The van der Waals surface area contributed by atoms with Gasteiger partial charge in [-0.05, 0) is 23.8 Å². The molecule has 0 bridgehead atoms. The molecule has 0 aliphatic carbocycles. The molecule has 0 aliphatic rings. The number of fused-ring (bicyclic) bond motifs is 1. The van der Waals surface area contributed by atoms with Crippen LogP contribution in [-0.4, -0.2) is 32.6 Å². The van der Waals surface area contributed by atoms with E-state index in [0.717, 1.165) is 5.56 Å². The quantitative estimate of drug-likeness (QED) is 0.731. The molecule has 116 valence electrons. The monoisotopic (exact) mass is 308 g/mol. The van der Waals surface area contributed by atoms with Crippen LogP contribution in [0.25, 0.3) is 10.9 Å². The maximum absolute atomic E-state index is 12.4. The lowest BCUT2D eigenvalue weighted by molar-refractivity contribution is -0.131. The highest BCUT2D eigenvalue weighted by Crippen LogP contribution is 2.09. The summed E-state index contributed by atoms with van der Waals surface area (Å²) in [5, 5.41) is 4.64. The Morgan fingerprint density at radius 2 is 2.00 bits per heavy atom. The average Bonchev–Trinajstić information content (AvgIpc) is 2.58. The summed E-state index contributed by atoms with van der Waals surface area (Å²) in [7, 11) is 1.74. The molecule has 6 heteroatoms. The fourth-order valence-corrected chi connectivity index (χ4v) is 2.39. The maximum atomic E-state index is 12.4. The molecular formula is C17H16N4O2. The van der Waals surface area contributed by atoms with Crippen molar-refractivity contribution in [2.75, 3.05) is 7.05 Å². The molecule has 3 rings (SSSR count). The van der Waals surface area contributed by atoms with Gasteiger partial charge in [0.05, 0.1) is 11.7 Å². The van der Waals surface area contributed by atoms with Crippen molar-refractivity contribution in [3.8, 4) is 0 Å². The van der Waals surface area contributed by atoms with E-state index in [1.54, 1.807) is 47.2 Å². The maximum Gasteiger partial charge on any atom is 0.244 e. The number of carbonyl (C=O) groups excluding carboxylic acids is 1. The minimum Gasteiger partial charge on any atom is -0.340 e. The second kappa shape index (κ2) is 6.39. The van der Waals surface area contributed by atoms with E-state index in [2.05, 4.69) is 10.1 Å². The number of hydrogen-bond donors (Lipinski definition) is 0. The summed E-state index contributed by atoms with van der Waals surface area (Å²) in [5.74, 6) is -0.0878. The van der Waals surface area contributed by atoms with Crippen LogP contribution < -0.4 is 5.43 Å². The van der Waals surface area contributed by atoms with Crippen LogP contribution in [-0.2, 0) is 17.9 Å². The van der Waals surface area contributed by atoms with Gasteiger partial charge in [0.25, 0.3) is 0 Å². The highest BCUT2D eigenvalue weighted by molar-refractivity contribution is 5.81. The smallest absolute Gasteiger partial charge is 0.244 e. The van der Waals surface area contributed by atoms with Gasteiger partial charge in [-0.3, -0.25) is 19.3 Å². The molecule has 2 heterocycles. The Kier molecular flexibility index (Phi) is 4.14. The van der Waals surface area contributed by atoms with E-state index < -0.39 is 0 Å². The van der Waals surface area contributed by atoms with E-state index in [4.69, 9.17) is 0 Å². The third kappa shape index (κ3) is 3.26. The molecule has 0 fully saturated rings. The van der Waals surface area contributed by atoms with E-state index in [9.17, 15) is 9.59 Å². The molecule has 0 radical (unpaired) electrons. The molecule has 0 saturated heterocycles. The predicted molar refractivity (Wildman–Crippen MR) is 86.7 cm³/mol. The van der Waals surface area contributed by atoms with E-state index in [1.165, 1.54) is 6.20 Å². The molecule has 0 aliphatic heterocycles. The summed E-state index contributed by atoms with van der Waals surface area (Å²) in [6.45, 7) is 0.558. The first-order valence-electron chi connectivity index (χ1n) is 7.23. The summed E-state index contributed by atoms with van der Waals surface area (Å²) >= 11 is 0. The van der Waals surface area contributed by atoms with E-state index in [1.807, 2.05) is 18.2 Å². The Morgan fingerprint density at radius 3 is 2.78 bits per heavy atom. The zero-order valence-corrected chi connectivity index (χ0v) is 12.7. The minimum atomic E-state index is -0.145. The highest BCUT2D eigenvalue weighted by atomic mass is 16.2. The lowest BCUT2D eigenvalue weighted by atomic mass is 10.2. The van der Waals surface area contributed by atoms with Gasteiger partial charge in [0.1, 0.15) is 6.54 Å². The number of amides is 1. The van der Waals surface area contributed by atoms with Gasteiger partial charge in [-0.2, -0.15) is 5.10 Å². The number of nitrogens with zero attached hydrogens (tertiary/aromatic N) is 4. The number of hydrogen-bond acceptors (Lipinski definition) is 4. The standard InChI is InChI=1S/C17H16N4O2/c1-20(11-13-5-4-8-18-9-13)17(23)12-21-15-7-3-2-6-14(15)16(22)10-19-21/h2-10H,11-12H2,1H3. The van der Waals surface area contributed by atoms with Gasteiger partial charge < -0.3 is 4.90 Å². The Morgan fingerprint density at radius 1 is 1.17 bits per heavy atom. The topological polar surface area (TPSA) is 68.1 Å². The van der Waals surface area contributed by atoms with E-state index in [0.29, 0.717) is 17.4 Å². The first-order valence-corrected chi connectivity index (χ1v) is 7.23. The van der Waals surface area contributed by atoms with Gasteiger partial charge in [0, 0.05) is 31.4 Å². The second-order valence-corrected chi connectivity index (χ2v) is 5.29. The van der Waals surface area contributed by atoms with Crippen molar-refractivity contribution < 1.29 is 4.79 Å². The molecule has 1 aromatic carbocycles. The van der Waals surface area contributed by atoms with Crippen LogP contribution in [0.5, 0.6) is 0 Å². The average molecular weight is 308 g/mol. The van der Waals surface area contributed by atoms with Gasteiger partial charge >= 0.3 is 0 Å². The molecule has 0 saturated carbocycles. The normalized spacial score (nSPS) is 10.7. The second-order valence-electron chi connectivity index (χ2n) is 5.29. The molecule has 0 spiro atoms. The van der Waals surface area contributed by atoms with Crippen molar-refractivity contribution in [3.05, 3.63) is 70.8 Å². The first kappa shape index (κ1) is 14.9. The molecule has 1 amide bonds. The summed E-state index contributed by atoms with van der Waals surface area (Å²) in [4.78, 5) is 29.9. The van der Waals surface area contributed by atoms with Crippen molar-refractivity contribution in [1.29, 1.82) is 0 Å². The number of para-hydroxylation sites is 1. The van der Waals surface area contributed by atoms with Crippen molar-refractivity contribution in [2.24, 2.45) is 0 Å². The largest absolute Gasteiger partial charge is 0.340 e. The van der Waals surface area contributed by atoms with Crippen LogP contribution >= 0.6 is 0 Å². The van der Waals surface area contributed by atoms with Crippen LogP contribution in [0.2, 0.25) is 0 Å². The van der Waals surface area contributed by atoms with Crippen LogP contribution in [0, 0.1) is 0 Å². The molecule has 6 nitrogen and oxygen atoms in total. The van der Waals surface area contributed by atoms with Gasteiger partial charge in [-0.15, -0.1) is 0 Å². The van der Waals surface area contributed by atoms with Crippen LogP contribution in [0.15, 0.2) is 59.8 Å². The SMILES string of the molecule is CN(Cc1cccnc1)C(=O)Cn1ncc(=O)c2ccccc21. The number of benzene rings is 1. The minimum absolute atomic E-state index is 0.0809. The van der Waals surface area contributed by atoms with Crippen molar-refractivity contribution in [2.45, 2.75) is 13.1 Å². The third-order valence-electron chi connectivity index (χ3n) is 3.62. The molecule has 2 aromatic heterocycles. The Balaban J connectivity index is 1.80. The fourth-order valence-electron chi connectivity index (χ4n) is 2.39. The zero-order valence-electron chi connectivity index (χ0n) is 12.7. The fraction of sp³-hybridized carbons (Fsp3) is 0.176. The highest BCUT2D eigenvalue weighted by Gasteiger charge is 2.12.